The van der Waals surface area contributed by atoms with E-state index >= 15 is 0 Å². The number of pyridine rings is 1. The Kier molecular flexibility index (Phi) is 4.70. The van der Waals surface area contributed by atoms with Gasteiger partial charge in [0.1, 0.15) is 5.82 Å². The summed E-state index contributed by atoms with van der Waals surface area (Å²) in [7, 11) is 0. The highest BCUT2D eigenvalue weighted by atomic mass is 35.5. The molecule has 0 aliphatic heterocycles. The Balaban J connectivity index is 1.64. The monoisotopic (exact) mass is 449 g/mol. The summed E-state index contributed by atoms with van der Waals surface area (Å²) in [4.78, 5) is 4.30. The Morgan fingerprint density at radius 3 is 2.39 bits per heavy atom. The smallest absolute Gasteiger partial charge is 0.161 e. The van der Waals surface area contributed by atoms with Gasteiger partial charge in [0.05, 0.1) is 17.9 Å². The lowest BCUT2D eigenvalue weighted by Gasteiger charge is -2.21. The van der Waals surface area contributed by atoms with E-state index in [1.54, 1.807) is 0 Å². The standard InChI is InChI=1S/C27H20ClN5/c1-18-30-31-26-16-23(19-5-3-2-4-6-19)24-15-21(9-12-25(24)33(18)26)27(32-14-13-29-17-32)20-7-10-22(28)11-8-20/h2-17,27H,1H3. The van der Waals surface area contributed by atoms with E-state index in [4.69, 9.17) is 11.6 Å². The lowest BCUT2D eigenvalue weighted by atomic mass is 9.94. The van der Waals surface area contributed by atoms with Crippen molar-refractivity contribution >= 4 is 28.2 Å². The molecule has 1 unspecified atom stereocenters. The van der Waals surface area contributed by atoms with Crippen molar-refractivity contribution < 1.29 is 0 Å². The van der Waals surface area contributed by atoms with Crippen molar-refractivity contribution in [3.05, 3.63) is 120 Å². The molecule has 0 N–H and O–H groups in total. The predicted molar refractivity (Wildman–Crippen MR) is 132 cm³/mol. The summed E-state index contributed by atoms with van der Waals surface area (Å²) < 4.78 is 4.23. The van der Waals surface area contributed by atoms with Gasteiger partial charge in [-0.15, -0.1) is 10.2 Å². The number of fused-ring (bicyclic) bond motifs is 3. The second kappa shape index (κ2) is 7.87. The maximum absolute atomic E-state index is 6.18. The third kappa shape index (κ3) is 3.38. The van der Waals surface area contributed by atoms with Gasteiger partial charge in [0.25, 0.3) is 0 Å². The number of aryl methyl sites for hydroxylation is 1. The Morgan fingerprint density at radius 2 is 1.64 bits per heavy atom. The molecule has 3 aromatic carbocycles. The Hall–Kier alpha value is -3.96. The van der Waals surface area contributed by atoms with Crippen LogP contribution in [0.2, 0.25) is 5.02 Å². The first-order chi connectivity index (χ1) is 16.2. The van der Waals surface area contributed by atoms with Crippen LogP contribution in [0, 0.1) is 6.92 Å². The van der Waals surface area contributed by atoms with Gasteiger partial charge in [-0.1, -0.05) is 60.1 Å². The summed E-state index contributed by atoms with van der Waals surface area (Å²) in [6, 6.07) is 27.1. The van der Waals surface area contributed by atoms with E-state index in [9.17, 15) is 0 Å². The topological polar surface area (TPSA) is 48.0 Å². The molecule has 0 bridgehead atoms. The van der Waals surface area contributed by atoms with Crippen LogP contribution in [0.25, 0.3) is 27.7 Å². The molecule has 1 atom stereocenters. The number of rotatable bonds is 4. The molecule has 0 aliphatic carbocycles. The van der Waals surface area contributed by atoms with E-state index in [0.29, 0.717) is 0 Å². The maximum Gasteiger partial charge on any atom is 0.161 e. The first kappa shape index (κ1) is 19.7. The number of nitrogens with zero attached hydrogens (tertiary/aromatic N) is 5. The summed E-state index contributed by atoms with van der Waals surface area (Å²) in [6.07, 6.45) is 5.66. The number of hydrogen-bond acceptors (Lipinski definition) is 3. The number of aromatic nitrogens is 5. The Labute approximate surface area is 195 Å². The molecule has 0 fully saturated rings. The minimum absolute atomic E-state index is 0.0319. The van der Waals surface area contributed by atoms with Gasteiger partial charge in [0, 0.05) is 22.8 Å². The van der Waals surface area contributed by atoms with Crippen LogP contribution in [0.5, 0.6) is 0 Å². The normalized spacial score (nSPS) is 12.4. The summed E-state index contributed by atoms with van der Waals surface area (Å²) in [5.41, 5.74) is 6.50. The first-order valence-electron chi connectivity index (χ1n) is 10.8. The van der Waals surface area contributed by atoms with Crippen LogP contribution >= 0.6 is 11.6 Å². The highest BCUT2D eigenvalue weighted by Gasteiger charge is 2.19. The molecule has 160 valence electrons. The largest absolute Gasteiger partial charge is 0.326 e. The summed E-state index contributed by atoms with van der Waals surface area (Å²) in [5.74, 6) is 0.867. The van der Waals surface area contributed by atoms with Crippen molar-refractivity contribution in [1.29, 1.82) is 0 Å². The van der Waals surface area contributed by atoms with Gasteiger partial charge in [-0.05, 0) is 59.5 Å². The average Bonchev–Trinajstić information content (AvgIpc) is 3.51. The second-order valence-corrected chi connectivity index (χ2v) is 8.54. The summed E-state index contributed by atoms with van der Waals surface area (Å²) in [6.45, 7) is 1.98. The third-order valence-corrected chi connectivity index (χ3v) is 6.34. The van der Waals surface area contributed by atoms with Crippen molar-refractivity contribution in [3.8, 4) is 11.1 Å². The van der Waals surface area contributed by atoms with Crippen LogP contribution in [0.4, 0.5) is 0 Å². The van der Waals surface area contributed by atoms with Crippen molar-refractivity contribution in [2.24, 2.45) is 0 Å². The van der Waals surface area contributed by atoms with Crippen LogP contribution in [0.3, 0.4) is 0 Å². The molecule has 0 spiro atoms. The minimum Gasteiger partial charge on any atom is -0.326 e. The maximum atomic E-state index is 6.18. The van der Waals surface area contributed by atoms with Gasteiger partial charge in [-0.3, -0.25) is 4.40 Å². The van der Waals surface area contributed by atoms with Gasteiger partial charge < -0.3 is 4.57 Å². The molecule has 3 heterocycles. The number of hydrogen-bond donors (Lipinski definition) is 0. The van der Waals surface area contributed by atoms with Gasteiger partial charge in [0.2, 0.25) is 0 Å². The van der Waals surface area contributed by atoms with Crippen molar-refractivity contribution in [3.63, 3.8) is 0 Å². The third-order valence-electron chi connectivity index (χ3n) is 6.08. The van der Waals surface area contributed by atoms with Gasteiger partial charge in [0.15, 0.2) is 5.65 Å². The van der Waals surface area contributed by atoms with E-state index in [1.165, 1.54) is 0 Å². The first-order valence-corrected chi connectivity index (χ1v) is 11.1. The lowest BCUT2D eigenvalue weighted by molar-refractivity contribution is 0.677. The van der Waals surface area contributed by atoms with Crippen molar-refractivity contribution in [1.82, 2.24) is 24.1 Å². The Morgan fingerprint density at radius 1 is 0.848 bits per heavy atom. The summed E-state index contributed by atoms with van der Waals surface area (Å²) in [5, 5.41) is 10.6. The van der Waals surface area contributed by atoms with Crippen LogP contribution in [0.15, 0.2) is 97.6 Å². The quantitative estimate of drug-likeness (QED) is 0.315. The highest BCUT2D eigenvalue weighted by Crippen LogP contribution is 2.35. The molecule has 0 amide bonds. The number of imidazole rings is 1. The zero-order valence-corrected chi connectivity index (χ0v) is 18.7. The molecule has 33 heavy (non-hydrogen) atoms. The molecule has 6 aromatic rings. The molecule has 0 aliphatic rings. The van der Waals surface area contributed by atoms with E-state index in [1.807, 2.05) is 43.8 Å². The molecular weight excluding hydrogens is 430 g/mol. The predicted octanol–water partition coefficient (Wildman–Crippen LogP) is 6.35. The Bertz CT molecular complexity index is 1570. The van der Waals surface area contributed by atoms with E-state index in [-0.39, 0.29) is 6.04 Å². The fourth-order valence-electron chi connectivity index (χ4n) is 4.57. The van der Waals surface area contributed by atoms with Gasteiger partial charge in [-0.2, -0.15) is 0 Å². The molecular formula is C27H20ClN5. The van der Waals surface area contributed by atoms with Crippen LogP contribution in [-0.2, 0) is 0 Å². The van der Waals surface area contributed by atoms with Gasteiger partial charge in [-0.25, -0.2) is 4.98 Å². The van der Waals surface area contributed by atoms with Crippen LogP contribution < -0.4 is 0 Å². The molecule has 6 heteroatoms. The van der Waals surface area contributed by atoms with E-state index in [2.05, 4.69) is 84.8 Å². The number of benzene rings is 3. The van der Waals surface area contributed by atoms with E-state index < -0.39 is 0 Å². The SMILES string of the molecule is Cc1nnc2cc(-c3ccccc3)c3cc(C(c4ccc(Cl)cc4)n4ccnc4)ccc3n12. The molecule has 0 radical (unpaired) electrons. The number of halogens is 1. The summed E-state index contributed by atoms with van der Waals surface area (Å²) >= 11 is 6.18. The zero-order valence-electron chi connectivity index (χ0n) is 17.9. The zero-order chi connectivity index (χ0) is 22.4. The molecule has 6 rings (SSSR count). The fraction of sp³-hybridized carbons (Fsp3) is 0.0741. The molecule has 0 saturated heterocycles. The minimum atomic E-state index is -0.0319. The fourth-order valence-corrected chi connectivity index (χ4v) is 4.70. The lowest BCUT2D eigenvalue weighted by Crippen LogP contribution is -2.11. The van der Waals surface area contributed by atoms with Crippen molar-refractivity contribution in [2.75, 3.05) is 0 Å². The second-order valence-electron chi connectivity index (χ2n) is 8.11. The van der Waals surface area contributed by atoms with Crippen molar-refractivity contribution in [2.45, 2.75) is 13.0 Å². The molecule has 5 nitrogen and oxygen atoms in total. The average molecular weight is 450 g/mol. The van der Waals surface area contributed by atoms with Crippen LogP contribution in [0.1, 0.15) is 23.0 Å². The van der Waals surface area contributed by atoms with E-state index in [0.717, 1.165) is 49.7 Å². The van der Waals surface area contributed by atoms with Crippen LogP contribution in [-0.4, -0.2) is 24.1 Å². The molecule has 3 aromatic heterocycles. The highest BCUT2D eigenvalue weighted by molar-refractivity contribution is 6.30. The van der Waals surface area contributed by atoms with Gasteiger partial charge >= 0.3 is 0 Å². The molecule has 0 saturated carbocycles.